The lowest BCUT2D eigenvalue weighted by Crippen LogP contribution is -2.31. The van der Waals surface area contributed by atoms with Crippen molar-refractivity contribution in [3.63, 3.8) is 0 Å². The summed E-state index contributed by atoms with van der Waals surface area (Å²) in [5.74, 6) is -0.138. The van der Waals surface area contributed by atoms with Crippen molar-refractivity contribution < 1.29 is 18.0 Å². The fraction of sp³-hybridized carbons (Fsp3) is 0.389. The molecule has 1 aliphatic heterocycles. The van der Waals surface area contributed by atoms with E-state index in [9.17, 15) is 18.0 Å². The Hall–Kier alpha value is -2.35. The molecule has 144 valence electrons. The lowest BCUT2D eigenvalue weighted by Gasteiger charge is -2.27. The first-order valence-corrected chi connectivity index (χ1v) is 8.90. The summed E-state index contributed by atoms with van der Waals surface area (Å²) in [6, 6.07) is 4.72. The Balaban J connectivity index is 1.83. The Bertz CT molecular complexity index is 851. The zero-order valence-electron chi connectivity index (χ0n) is 14.6. The average molecular weight is 399 g/mol. The van der Waals surface area contributed by atoms with E-state index in [1.807, 2.05) is 4.90 Å². The summed E-state index contributed by atoms with van der Waals surface area (Å²) < 4.78 is 38.9. The molecular weight excluding hydrogens is 381 g/mol. The molecule has 1 aromatic heterocycles. The number of nitrogens with zero attached hydrogens (tertiary/aromatic N) is 3. The van der Waals surface area contributed by atoms with Crippen molar-refractivity contribution in [3.05, 3.63) is 46.2 Å². The van der Waals surface area contributed by atoms with Crippen molar-refractivity contribution in [3.8, 4) is 0 Å². The minimum atomic E-state index is -4.61. The lowest BCUT2D eigenvalue weighted by molar-refractivity contribution is -0.137. The lowest BCUT2D eigenvalue weighted by atomic mass is 10.1. The molecule has 1 N–H and O–H groups in total. The number of aryl methyl sites for hydroxylation is 1. The topological polar surface area (TPSA) is 58.1 Å². The molecule has 2 heterocycles. The second kappa shape index (κ2) is 7.72. The molecule has 0 spiro atoms. The van der Waals surface area contributed by atoms with Crippen LogP contribution in [0.2, 0.25) is 5.02 Å². The van der Waals surface area contributed by atoms with E-state index in [1.165, 1.54) is 12.1 Å². The van der Waals surface area contributed by atoms with Crippen LogP contribution in [-0.2, 0) is 6.18 Å². The van der Waals surface area contributed by atoms with Crippen molar-refractivity contribution in [1.82, 2.24) is 9.97 Å². The molecule has 1 aromatic carbocycles. The van der Waals surface area contributed by atoms with Gasteiger partial charge < -0.3 is 10.2 Å². The molecule has 0 aliphatic carbocycles. The highest BCUT2D eigenvalue weighted by Gasteiger charge is 2.33. The zero-order valence-corrected chi connectivity index (χ0v) is 15.4. The summed E-state index contributed by atoms with van der Waals surface area (Å²) in [7, 11) is 0. The van der Waals surface area contributed by atoms with Crippen LogP contribution < -0.4 is 10.2 Å². The van der Waals surface area contributed by atoms with Crippen molar-refractivity contribution in [1.29, 1.82) is 0 Å². The summed E-state index contributed by atoms with van der Waals surface area (Å²) in [5.41, 5.74) is -0.295. The summed E-state index contributed by atoms with van der Waals surface area (Å²) >= 11 is 5.60. The van der Waals surface area contributed by atoms with Gasteiger partial charge in [0.15, 0.2) is 0 Å². The number of rotatable bonds is 3. The Morgan fingerprint density at radius 3 is 2.52 bits per heavy atom. The summed E-state index contributed by atoms with van der Waals surface area (Å²) in [6.45, 7) is 3.38. The molecule has 1 amide bonds. The van der Waals surface area contributed by atoms with Crippen LogP contribution in [0, 0.1) is 6.92 Å². The molecule has 0 saturated carbocycles. The van der Waals surface area contributed by atoms with E-state index < -0.39 is 22.7 Å². The number of piperidine rings is 1. The number of carbonyl (C=O) groups is 1. The van der Waals surface area contributed by atoms with Crippen LogP contribution in [0.3, 0.4) is 0 Å². The molecule has 0 atom stereocenters. The highest BCUT2D eigenvalue weighted by Crippen LogP contribution is 2.36. The summed E-state index contributed by atoms with van der Waals surface area (Å²) in [6.07, 6.45) is -1.40. The summed E-state index contributed by atoms with van der Waals surface area (Å²) in [5, 5.41) is 2.02. The predicted octanol–water partition coefficient (Wildman–Crippen LogP) is 4.70. The van der Waals surface area contributed by atoms with Crippen LogP contribution >= 0.6 is 11.6 Å². The molecule has 0 radical (unpaired) electrons. The number of hydrogen-bond donors (Lipinski definition) is 1. The van der Waals surface area contributed by atoms with Gasteiger partial charge in [0.25, 0.3) is 5.91 Å². The fourth-order valence-corrected chi connectivity index (χ4v) is 3.14. The molecule has 2 aromatic rings. The summed E-state index contributed by atoms with van der Waals surface area (Å²) in [4.78, 5) is 23.2. The molecule has 1 saturated heterocycles. The minimum Gasteiger partial charge on any atom is -0.341 e. The molecular formula is C18H18ClF3N4O. The van der Waals surface area contributed by atoms with Crippen LogP contribution in [0.5, 0.6) is 0 Å². The van der Waals surface area contributed by atoms with Crippen LogP contribution in [0.1, 0.15) is 41.0 Å². The van der Waals surface area contributed by atoms with E-state index in [4.69, 9.17) is 11.6 Å². The number of nitrogens with one attached hydrogen (secondary N) is 1. The van der Waals surface area contributed by atoms with E-state index in [1.54, 1.807) is 6.92 Å². The van der Waals surface area contributed by atoms with Gasteiger partial charge in [0.05, 0.1) is 10.6 Å². The maximum absolute atomic E-state index is 13.0. The van der Waals surface area contributed by atoms with Crippen molar-refractivity contribution in [2.75, 3.05) is 23.3 Å². The van der Waals surface area contributed by atoms with Crippen molar-refractivity contribution in [2.24, 2.45) is 0 Å². The zero-order chi connectivity index (χ0) is 19.6. The molecule has 5 nitrogen and oxygen atoms in total. The third kappa shape index (κ3) is 4.68. The van der Waals surface area contributed by atoms with E-state index in [0.29, 0.717) is 11.6 Å². The Morgan fingerprint density at radius 2 is 1.85 bits per heavy atom. The Labute approximate surface area is 159 Å². The van der Waals surface area contributed by atoms with Gasteiger partial charge >= 0.3 is 6.18 Å². The number of alkyl halides is 3. The van der Waals surface area contributed by atoms with Gasteiger partial charge in [0, 0.05) is 24.5 Å². The van der Waals surface area contributed by atoms with Crippen molar-refractivity contribution in [2.45, 2.75) is 32.4 Å². The van der Waals surface area contributed by atoms with Crippen molar-refractivity contribution >= 4 is 29.1 Å². The maximum atomic E-state index is 13.0. The van der Waals surface area contributed by atoms with Gasteiger partial charge in [-0.15, -0.1) is 0 Å². The number of anilines is 2. The van der Waals surface area contributed by atoms with Crippen LogP contribution in [0.25, 0.3) is 0 Å². The second-order valence-electron chi connectivity index (χ2n) is 6.39. The number of benzene rings is 1. The third-order valence-corrected chi connectivity index (χ3v) is 4.57. The fourth-order valence-electron chi connectivity index (χ4n) is 2.92. The normalized spacial score (nSPS) is 14.9. The van der Waals surface area contributed by atoms with Gasteiger partial charge in [0.1, 0.15) is 5.69 Å². The van der Waals surface area contributed by atoms with Gasteiger partial charge in [0.2, 0.25) is 5.95 Å². The largest absolute Gasteiger partial charge is 0.417 e. The van der Waals surface area contributed by atoms with E-state index in [-0.39, 0.29) is 11.4 Å². The monoisotopic (exact) mass is 398 g/mol. The van der Waals surface area contributed by atoms with E-state index >= 15 is 0 Å². The first kappa shape index (κ1) is 19.4. The first-order valence-electron chi connectivity index (χ1n) is 8.53. The number of halogens is 4. The number of hydrogen-bond acceptors (Lipinski definition) is 4. The Kier molecular flexibility index (Phi) is 5.55. The Morgan fingerprint density at radius 1 is 1.15 bits per heavy atom. The van der Waals surface area contributed by atoms with Gasteiger partial charge in [-0.05, 0) is 50.5 Å². The SMILES string of the molecule is Cc1cc(C(=O)Nc2ccc(Cl)c(C(F)(F)F)c2)nc(N2CCCCC2)n1. The first-order chi connectivity index (χ1) is 12.7. The number of amides is 1. The van der Waals surface area contributed by atoms with Gasteiger partial charge in [-0.1, -0.05) is 11.6 Å². The van der Waals surface area contributed by atoms with Gasteiger partial charge in [-0.3, -0.25) is 4.79 Å². The molecule has 0 bridgehead atoms. The van der Waals surface area contributed by atoms with Gasteiger partial charge in [-0.25, -0.2) is 9.97 Å². The second-order valence-corrected chi connectivity index (χ2v) is 6.80. The molecule has 9 heteroatoms. The van der Waals surface area contributed by atoms with Crippen LogP contribution in [-0.4, -0.2) is 29.0 Å². The van der Waals surface area contributed by atoms with E-state index in [0.717, 1.165) is 44.5 Å². The highest BCUT2D eigenvalue weighted by molar-refractivity contribution is 6.31. The van der Waals surface area contributed by atoms with Crippen LogP contribution in [0.15, 0.2) is 24.3 Å². The standard InChI is InChI=1S/C18H18ClF3N4O/c1-11-9-15(25-17(23-11)26-7-3-2-4-8-26)16(27)24-12-5-6-14(19)13(10-12)18(20,21)22/h5-6,9-10H,2-4,7-8H2,1H3,(H,24,27). The van der Waals surface area contributed by atoms with Gasteiger partial charge in [-0.2, -0.15) is 13.2 Å². The molecule has 3 rings (SSSR count). The molecule has 1 aliphatic rings. The third-order valence-electron chi connectivity index (χ3n) is 4.24. The number of aromatic nitrogens is 2. The molecule has 27 heavy (non-hydrogen) atoms. The van der Waals surface area contributed by atoms with Crippen LogP contribution in [0.4, 0.5) is 24.8 Å². The smallest absolute Gasteiger partial charge is 0.341 e. The average Bonchev–Trinajstić information content (AvgIpc) is 2.62. The predicted molar refractivity (Wildman–Crippen MR) is 97.2 cm³/mol. The highest BCUT2D eigenvalue weighted by atomic mass is 35.5. The molecule has 0 unspecified atom stereocenters. The number of carbonyl (C=O) groups excluding carboxylic acids is 1. The van der Waals surface area contributed by atoms with E-state index in [2.05, 4.69) is 15.3 Å². The maximum Gasteiger partial charge on any atom is 0.417 e. The minimum absolute atomic E-state index is 0.00693. The quantitative estimate of drug-likeness (QED) is 0.814. The molecule has 1 fully saturated rings.